The Labute approximate surface area is 149 Å². The summed E-state index contributed by atoms with van der Waals surface area (Å²) >= 11 is 0. The minimum Gasteiger partial charge on any atom is -0.497 e. The molecular formula is C20H28N2O3. The van der Waals surface area contributed by atoms with Crippen LogP contribution in [-0.2, 0) is 16.1 Å². The van der Waals surface area contributed by atoms with Gasteiger partial charge in [0, 0.05) is 26.2 Å². The largest absolute Gasteiger partial charge is 0.497 e. The fraction of sp³-hybridized carbons (Fsp3) is 0.650. The number of methoxy groups -OCH3 is 1. The second kappa shape index (κ2) is 7.34. The fourth-order valence-electron chi connectivity index (χ4n) is 4.47. The van der Waals surface area contributed by atoms with E-state index in [2.05, 4.69) is 17.0 Å². The summed E-state index contributed by atoms with van der Waals surface area (Å²) in [6.45, 7) is 4.73. The molecule has 0 N–H and O–H groups in total. The highest BCUT2D eigenvalue weighted by atomic mass is 16.5. The average molecular weight is 344 g/mol. The van der Waals surface area contributed by atoms with Gasteiger partial charge in [0.25, 0.3) is 5.91 Å². The number of ether oxygens (including phenoxy) is 2. The zero-order valence-electron chi connectivity index (χ0n) is 15.0. The van der Waals surface area contributed by atoms with Crippen LogP contribution in [0.2, 0.25) is 0 Å². The SMILES string of the molecule is COc1cccc(CN2CC[C@H]3C[C@H](C(=O)N4CCCC4)O[C@@H]3C2)c1. The fourth-order valence-corrected chi connectivity index (χ4v) is 4.47. The second-order valence-corrected chi connectivity index (χ2v) is 7.57. The molecule has 1 aromatic carbocycles. The van der Waals surface area contributed by atoms with E-state index in [-0.39, 0.29) is 18.1 Å². The van der Waals surface area contributed by atoms with Crippen LogP contribution < -0.4 is 4.74 Å². The Balaban J connectivity index is 1.34. The average Bonchev–Trinajstić information content (AvgIpc) is 3.30. The number of carbonyl (C=O) groups excluding carboxylic acids is 1. The van der Waals surface area contributed by atoms with Gasteiger partial charge in [-0.05, 0) is 55.8 Å². The van der Waals surface area contributed by atoms with Crippen molar-refractivity contribution in [1.29, 1.82) is 0 Å². The highest BCUT2D eigenvalue weighted by Crippen LogP contribution is 2.35. The van der Waals surface area contributed by atoms with Gasteiger partial charge in [-0.25, -0.2) is 0 Å². The lowest BCUT2D eigenvalue weighted by Crippen LogP contribution is -2.42. The minimum absolute atomic E-state index is 0.204. The standard InChI is InChI=1S/C20H28N2O3/c1-24-17-6-4-5-15(11-17)13-21-10-7-16-12-18(25-19(16)14-21)20(23)22-8-2-3-9-22/h4-6,11,16,18-19H,2-3,7-10,12-14H2,1H3/t16-,18+,19+/m0/s1. The predicted octanol–water partition coefficient (Wildman–Crippen LogP) is 2.30. The molecule has 3 aliphatic rings. The van der Waals surface area contributed by atoms with Crippen molar-refractivity contribution in [1.82, 2.24) is 9.80 Å². The van der Waals surface area contributed by atoms with Gasteiger partial charge in [0.2, 0.25) is 0 Å². The second-order valence-electron chi connectivity index (χ2n) is 7.57. The van der Waals surface area contributed by atoms with E-state index >= 15 is 0 Å². The molecule has 3 saturated heterocycles. The van der Waals surface area contributed by atoms with Crippen molar-refractivity contribution < 1.29 is 14.3 Å². The first-order valence-corrected chi connectivity index (χ1v) is 9.52. The van der Waals surface area contributed by atoms with Crippen LogP contribution in [0.4, 0.5) is 0 Å². The van der Waals surface area contributed by atoms with Crippen molar-refractivity contribution >= 4 is 5.91 Å². The Morgan fingerprint density at radius 2 is 2.12 bits per heavy atom. The summed E-state index contributed by atoms with van der Waals surface area (Å²) < 4.78 is 11.5. The molecule has 4 rings (SSSR count). The molecular weight excluding hydrogens is 316 g/mol. The van der Waals surface area contributed by atoms with Crippen LogP contribution in [0.1, 0.15) is 31.2 Å². The Kier molecular flexibility index (Phi) is 4.95. The van der Waals surface area contributed by atoms with Gasteiger partial charge in [-0.15, -0.1) is 0 Å². The van der Waals surface area contributed by atoms with Crippen LogP contribution in [0, 0.1) is 5.92 Å². The van der Waals surface area contributed by atoms with Gasteiger partial charge in [0.15, 0.2) is 0 Å². The highest BCUT2D eigenvalue weighted by Gasteiger charge is 2.43. The maximum Gasteiger partial charge on any atom is 0.251 e. The topological polar surface area (TPSA) is 42.0 Å². The summed E-state index contributed by atoms with van der Waals surface area (Å²) in [5.41, 5.74) is 1.26. The van der Waals surface area contributed by atoms with Gasteiger partial charge in [0.05, 0.1) is 13.2 Å². The van der Waals surface area contributed by atoms with Crippen molar-refractivity contribution in [3.8, 4) is 5.75 Å². The first-order valence-electron chi connectivity index (χ1n) is 9.52. The number of carbonyl (C=O) groups is 1. The molecule has 0 aliphatic carbocycles. The van der Waals surface area contributed by atoms with Crippen LogP contribution in [-0.4, -0.2) is 61.2 Å². The molecule has 0 bridgehead atoms. The number of fused-ring (bicyclic) bond motifs is 1. The summed E-state index contributed by atoms with van der Waals surface area (Å²) in [4.78, 5) is 17.0. The molecule has 5 heteroatoms. The first-order chi connectivity index (χ1) is 12.2. The van der Waals surface area contributed by atoms with E-state index in [0.29, 0.717) is 5.92 Å². The first kappa shape index (κ1) is 16.9. The zero-order valence-corrected chi connectivity index (χ0v) is 15.0. The number of hydrogen-bond acceptors (Lipinski definition) is 4. The number of nitrogens with zero attached hydrogens (tertiary/aromatic N) is 2. The van der Waals surface area contributed by atoms with Crippen LogP contribution >= 0.6 is 0 Å². The normalized spacial score (nSPS) is 29.6. The third-order valence-corrected chi connectivity index (χ3v) is 5.87. The van der Waals surface area contributed by atoms with Gasteiger partial charge in [-0.2, -0.15) is 0 Å². The van der Waals surface area contributed by atoms with E-state index in [9.17, 15) is 4.79 Å². The van der Waals surface area contributed by atoms with Gasteiger partial charge < -0.3 is 14.4 Å². The molecule has 3 aliphatic heterocycles. The van der Waals surface area contributed by atoms with E-state index in [1.165, 1.54) is 5.56 Å². The van der Waals surface area contributed by atoms with Gasteiger partial charge in [-0.1, -0.05) is 12.1 Å². The lowest BCUT2D eigenvalue weighted by molar-refractivity contribution is -0.142. The monoisotopic (exact) mass is 344 g/mol. The van der Waals surface area contributed by atoms with E-state index in [0.717, 1.165) is 64.2 Å². The summed E-state index contributed by atoms with van der Waals surface area (Å²) in [6.07, 6.45) is 4.31. The molecule has 3 heterocycles. The molecule has 25 heavy (non-hydrogen) atoms. The van der Waals surface area contributed by atoms with Crippen LogP contribution in [0.25, 0.3) is 0 Å². The molecule has 5 nitrogen and oxygen atoms in total. The summed E-state index contributed by atoms with van der Waals surface area (Å²) in [7, 11) is 1.70. The summed E-state index contributed by atoms with van der Waals surface area (Å²) in [6, 6.07) is 8.26. The van der Waals surface area contributed by atoms with Crippen molar-refractivity contribution in [2.45, 2.75) is 44.4 Å². The number of amides is 1. The molecule has 0 aromatic heterocycles. The molecule has 1 amide bonds. The number of hydrogen-bond donors (Lipinski definition) is 0. The van der Waals surface area contributed by atoms with Crippen LogP contribution in [0.5, 0.6) is 5.75 Å². The Morgan fingerprint density at radius 1 is 1.28 bits per heavy atom. The Hall–Kier alpha value is -1.59. The van der Waals surface area contributed by atoms with E-state index in [1.807, 2.05) is 17.0 Å². The highest BCUT2D eigenvalue weighted by molar-refractivity contribution is 5.81. The Bertz CT molecular complexity index is 615. The number of benzene rings is 1. The van der Waals surface area contributed by atoms with E-state index in [1.54, 1.807) is 7.11 Å². The van der Waals surface area contributed by atoms with Crippen LogP contribution in [0.3, 0.4) is 0 Å². The molecule has 1 aromatic rings. The maximum absolute atomic E-state index is 12.6. The molecule has 0 radical (unpaired) electrons. The quantitative estimate of drug-likeness (QED) is 0.840. The third kappa shape index (κ3) is 3.67. The number of likely N-dealkylation sites (tertiary alicyclic amines) is 2. The lowest BCUT2D eigenvalue weighted by atomic mass is 9.91. The van der Waals surface area contributed by atoms with Crippen molar-refractivity contribution in [2.24, 2.45) is 5.92 Å². The molecule has 3 fully saturated rings. The lowest BCUT2D eigenvalue weighted by Gasteiger charge is -2.34. The minimum atomic E-state index is -0.204. The van der Waals surface area contributed by atoms with E-state index < -0.39 is 0 Å². The van der Waals surface area contributed by atoms with Crippen molar-refractivity contribution in [3.63, 3.8) is 0 Å². The molecule has 3 atom stereocenters. The number of rotatable bonds is 4. The predicted molar refractivity (Wildman–Crippen MR) is 95.5 cm³/mol. The molecule has 0 saturated carbocycles. The van der Waals surface area contributed by atoms with Gasteiger partial charge in [0.1, 0.15) is 11.9 Å². The Morgan fingerprint density at radius 3 is 2.92 bits per heavy atom. The van der Waals surface area contributed by atoms with Crippen LogP contribution in [0.15, 0.2) is 24.3 Å². The van der Waals surface area contributed by atoms with Gasteiger partial charge >= 0.3 is 0 Å². The maximum atomic E-state index is 12.6. The van der Waals surface area contributed by atoms with Crippen molar-refractivity contribution in [2.75, 3.05) is 33.3 Å². The van der Waals surface area contributed by atoms with Crippen molar-refractivity contribution in [3.05, 3.63) is 29.8 Å². The summed E-state index contributed by atoms with van der Waals surface area (Å²) in [5.74, 6) is 1.67. The smallest absolute Gasteiger partial charge is 0.251 e. The molecule has 136 valence electrons. The van der Waals surface area contributed by atoms with E-state index in [4.69, 9.17) is 9.47 Å². The third-order valence-electron chi connectivity index (χ3n) is 5.87. The zero-order chi connectivity index (χ0) is 17.2. The number of piperidine rings is 1. The van der Waals surface area contributed by atoms with Gasteiger partial charge in [-0.3, -0.25) is 9.69 Å². The summed E-state index contributed by atoms with van der Waals surface area (Å²) in [5, 5.41) is 0. The molecule has 0 unspecified atom stereocenters. The molecule has 0 spiro atoms.